The van der Waals surface area contributed by atoms with E-state index in [1.807, 2.05) is 12.1 Å². The molecule has 316 valence electrons. The van der Waals surface area contributed by atoms with E-state index in [0.29, 0.717) is 0 Å². The number of hydrogen-bond donors (Lipinski definition) is 0. The molecule has 0 radical (unpaired) electrons. The summed E-state index contributed by atoms with van der Waals surface area (Å²) < 4.78 is 0. The molecule has 0 unspecified atom stereocenters. The van der Waals surface area contributed by atoms with Crippen LogP contribution in [0.2, 0.25) is 0 Å². The fourth-order valence-corrected chi connectivity index (χ4v) is 13.4. The van der Waals surface area contributed by atoms with Crippen molar-refractivity contribution < 1.29 is 68.2 Å². The minimum atomic E-state index is 0. The Bertz CT molecular complexity index is 2180. The van der Waals surface area contributed by atoms with Gasteiger partial charge in [-0.05, 0) is 37.5 Å². The maximum atomic E-state index is 3.30. The third-order valence-corrected chi connectivity index (χ3v) is 17.1. The third kappa shape index (κ3) is 13.7. The van der Waals surface area contributed by atoms with E-state index in [9.17, 15) is 0 Å². The number of fused-ring (bicyclic) bond motifs is 8. The molecule has 0 nitrogen and oxygen atoms in total. The Labute approximate surface area is 417 Å². The first-order chi connectivity index (χ1) is 28.6. The zero-order valence-electron chi connectivity index (χ0n) is 36.7. The van der Waals surface area contributed by atoms with Gasteiger partial charge in [0.2, 0.25) is 0 Å². The van der Waals surface area contributed by atoms with Gasteiger partial charge in [-0.25, -0.2) is 0 Å². The smallest absolute Gasteiger partial charge is 1.00 e. The van der Waals surface area contributed by atoms with Gasteiger partial charge in [-0.2, -0.15) is 71.8 Å². The summed E-state index contributed by atoms with van der Waals surface area (Å²) in [5.74, 6) is 0. The molecule has 0 saturated carbocycles. The second-order valence-corrected chi connectivity index (χ2v) is 20.4. The zero-order chi connectivity index (χ0) is 40.1. The molecule has 0 amide bonds. The van der Waals surface area contributed by atoms with E-state index >= 15 is 0 Å². The number of benzene rings is 6. The van der Waals surface area contributed by atoms with E-state index in [1.54, 1.807) is 10.6 Å². The summed E-state index contributed by atoms with van der Waals surface area (Å²) in [7, 11) is 0.194. The van der Waals surface area contributed by atoms with Crippen LogP contribution in [0.1, 0.15) is 75.6 Å². The van der Waals surface area contributed by atoms with Crippen LogP contribution in [0.5, 0.6) is 0 Å². The Balaban J connectivity index is 0.000000216. The topological polar surface area (TPSA) is 0 Å². The van der Waals surface area contributed by atoms with Crippen molar-refractivity contribution in [2.24, 2.45) is 0 Å². The fraction of sp³-hybridized carbons (Fsp3) is 0.250. The molecule has 0 heterocycles. The molecule has 0 aromatic heterocycles. The number of hydrogen-bond acceptors (Lipinski definition) is 0. The second kappa shape index (κ2) is 27.7. The van der Waals surface area contributed by atoms with Crippen LogP contribution in [0.25, 0.3) is 43.8 Å². The zero-order valence-corrected chi connectivity index (χ0v) is 43.2. The molecule has 62 heavy (non-hydrogen) atoms. The summed E-state index contributed by atoms with van der Waals surface area (Å²) in [5, 5.41) is 8.88. The van der Waals surface area contributed by atoms with Gasteiger partial charge >= 0.3 is 43.4 Å². The predicted octanol–water partition coefficient (Wildman–Crippen LogP) is 9.09. The monoisotopic (exact) mass is 958 g/mol. The molecule has 0 saturated heterocycles. The van der Waals surface area contributed by atoms with Crippen LogP contribution < -0.4 is 35.4 Å². The maximum Gasteiger partial charge on any atom is 2.00 e. The predicted molar refractivity (Wildman–Crippen MR) is 260 cm³/mol. The summed E-state index contributed by atoms with van der Waals surface area (Å²) >= 11 is 0. The Morgan fingerprint density at radius 3 is 1.15 bits per heavy atom. The number of halogens is 2. The average molecular weight is 960 g/mol. The molecule has 8 aromatic rings. The normalized spacial score (nSPS) is 11.1. The first-order valence-corrected chi connectivity index (χ1v) is 25.0. The molecule has 0 N–H and O–H groups in total. The van der Waals surface area contributed by atoms with Crippen molar-refractivity contribution in [1.29, 1.82) is 0 Å². The molecule has 2 aliphatic carbocycles. The summed E-state index contributed by atoms with van der Waals surface area (Å²) in [6.07, 6.45) is 12.9. The molecule has 6 heteroatoms. The Morgan fingerprint density at radius 1 is 0.435 bits per heavy atom. The Morgan fingerprint density at radius 2 is 0.774 bits per heavy atom. The van der Waals surface area contributed by atoms with Crippen molar-refractivity contribution in [3.63, 3.8) is 0 Å². The van der Waals surface area contributed by atoms with Gasteiger partial charge in [-0.3, -0.25) is 0 Å². The van der Waals surface area contributed by atoms with E-state index in [4.69, 9.17) is 0 Å². The SMILES string of the molecule is CCCP(CCC)c1cc2ccccc2[cH-]1.CCCP(CCC)c1cc2ccccc2[cH-]1.[Cl-].[Cl-].[Ti+2].[Ti+2].[c-]1cccc2c1Cc1ccccc1-2.[c-]1cccc2c1Cc1ccccc1-2. The van der Waals surface area contributed by atoms with Crippen LogP contribution in [-0.2, 0) is 56.3 Å². The van der Waals surface area contributed by atoms with Gasteiger partial charge in [0, 0.05) is 0 Å². The average Bonchev–Trinajstić information content (AvgIpc) is 4.07. The van der Waals surface area contributed by atoms with Crippen molar-refractivity contribution in [1.82, 2.24) is 0 Å². The summed E-state index contributed by atoms with van der Waals surface area (Å²) in [6.45, 7) is 9.20. The van der Waals surface area contributed by atoms with E-state index in [-0.39, 0.29) is 84.1 Å². The first-order valence-electron chi connectivity index (χ1n) is 21.6. The minimum absolute atomic E-state index is 0. The molecule has 0 bridgehead atoms. The van der Waals surface area contributed by atoms with Gasteiger partial charge < -0.3 is 24.8 Å². The van der Waals surface area contributed by atoms with Gasteiger partial charge in [0.1, 0.15) is 0 Å². The second-order valence-electron chi connectivity index (χ2n) is 15.5. The molecule has 0 aliphatic heterocycles. The third-order valence-electron chi connectivity index (χ3n) is 11.1. The maximum absolute atomic E-state index is 3.30. The summed E-state index contributed by atoms with van der Waals surface area (Å²) in [5.41, 5.74) is 11.0. The first kappa shape index (κ1) is 53.7. The Kier molecular flexibility index (Phi) is 24.0. The van der Waals surface area contributed by atoms with Gasteiger partial charge in [-0.1, -0.05) is 152 Å². The van der Waals surface area contributed by atoms with E-state index in [1.165, 1.54) is 116 Å². The van der Waals surface area contributed by atoms with Crippen LogP contribution >= 0.6 is 15.8 Å². The van der Waals surface area contributed by atoms with Gasteiger partial charge in [0.05, 0.1) is 0 Å². The van der Waals surface area contributed by atoms with Crippen molar-refractivity contribution in [2.45, 2.75) is 66.2 Å². The Hall–Kier alpha value is -2.59. The minimum Gasteiger partial charge on any atom is -1.00 e. The molecule has 10 rings (SSSR count). The van der Waals surface area contributed by atoms with E-state index in [0.717, 1.165) is 12.8 Å². The molecule has 0 fully saturated rings. The van der Waals surface area contributed by atoms with E-state index in [2.05, 4.69) is 185 Å². The summed E-state index contributed by atoms with van der Waals surface area (Å²) in [4.78, 5) is 0. The van der Waals surface area contributed by atoms with Crippen molar-refractivity contribution >= 4 is 48.0 Å². The van der Waals surface area contributed by atoms with Crippen LogP contribution in [-0.4, -0.2) is 24.6 Å². The molecular weight excluding hydrogens is 901 g/mol. The van der Waals surface area contributed by atoms with Gasteiger partial charge in [-0.15, -0.1) is 91.8 Å². The standard InChI is InChI=1S/2C15H20P.2C13H9.2ClH.2Ti/c2*1-3-9-16(10-4-2)15-11-13-7-5-6-8-14(13)12-15;2*1-3-7-12-10(5-1)9-11-6-2-4-8-13(11)12;;;;/h2*5-8,11-12H,3-4,9-10H2,1-2H3;2*1-5,7-8H,9H2;2*1H;;/q4*-1;;;2*+2/p-2. The van der Waals surface area contributed by atoms with Crippen molar-refractivity contribution in [3.05, 3.63) is 192 Å². The molecule has 0 atom stereocenters. The molecule has 0 spiro atoms. The van der Waals surface area contributed by atoms with Crippen LogP contribution in [0.3, 0.4) is 0 Å². The molecule has 8 aromatic carbocycles. The molecule has 2 aliphatic rings. The van der Waals surface area contributed by atoms with Gasteiger partial charge in [0.15, 0.2) is 0 Å². The van der Waals surface area contributed by atoms with Gasteiger partial charge in [0.25, 0.3) is 0 Å². The van der Waals surface area contributed by atoms with Crippen LogP contribution in [0, 0.1) is 12.1 Å². The summed E-state index contributed by atoms with van der Waals surface area (Å²) in [6, 6.07) is 63.3. The number of rotatable bonds is 10. The van der Waals surface area contributed by atoms with E-state index < -0.39 is 0 Å². The fourth-order valence-electron chi connectivity index (χ4n) is 8.45. The van der Waals surface area contributed by atoms with Crippen LogP contribution in [0.4, 0.5) is 0 Å². The van der Waals surface area contributed by atoms with Crippen molar-refractivity contribution in [2.75, 3.05) is 24.6 Å². The molecular formula is C56H58Cl2P2Ti2-2. The quantitative estimate of drug-likeness (QED) is 0.0730. The van der Waals surface area contributed by atoms with Crippen molar-refractivity contribution in [3.8, 4) is 22.3 Å². The van der Waals surface area contributed by atoms with Crippen LogP contribution in [0.15, 0.2) is 158 Å². The largest absolute Gasteiger partial charge is 2.00 e.